The number of hydrogen-bond acceptors (Lipinski definition) is 5. The van der Waals surface area contributed by atoms with Crippen LogP contribution in [0.4, 0.5) is 5.69 Å². The molecule has 3 rings (SSSR count). The molecule has 0 aromatic heterocycles. The number of anilines is 1. The largest absolute Gasteiger partial charge is 0.452 e. The van der Waals surface area contributed by atoms with Gasteiger partial charge in [0.2, 0.25) is 10.0 Å². The summed E-state index contributed by atoms with van der Waals surface area (Å²) in [5, 5.41) is 2.99. The van der Waals surface area contributed by atoms with Crippen molar-refractivity contribution in [1.82, 2.24) is 5.32 Å². The van der Waals surface area contributed by atoms with Crippen molar-refractivity contribution in [2.75, 3.05) is 17.2 Å². The third-order valence-electron chi connectivity index (χ3n) is 6.21. The van der Waals surface area contributed by atoms with E-state index in [1.165, 1.54) is 17.0 Å². The quantitative estimate of drug-likeness (QED) is 0.736. The molecule has 1 saturated carbocycles. The van der Waals surface area contributed by atoms with Crippen LogP contribution in [0.1, 0.15) is 56.0 Å². The lowest BCUT2D eigenvalue weighted by Gasteiger charge is -2.34. The normalized spacial score (nSPS) is 26.7. The number of carbonyl (C=O) groups excluding carboxylic acids is 2. The summed E-state index contributed by atoms with van der Waals surface area (Å²) in [4.78, 5) is 24.6. The number of fused-ring (bicyclic) bond motifs is 1. The number of hydrogen-bond donors (Lipinski definition) is 1. The van der Waals surface area contributed by atoms with E-state index >= 15 is 0 Å². The van der Waals surface area contributed by atoms with Crippen LogP contribution in [0.15, 0.2) is 18.2 Å². The molecule has 1 amide bonds. The fraction of sp³-hybridized carbons (Fsp3) is 0.619. The molecule has 1 aliphatic carbocycles. The molecule has 1 aromatic carbocycles. The number of nitrogens with one attached hydrogen (secondary N) is 1. The van der Waals surface area contributed by atoms with Gasteiger partial charge in [-0.1, -0.05) is 26.7 Å². The minimum absolute atomic E-state index is 0.119. The minimum Gasteiger partial charge on any atom is -0.452 e. The van der Waals surface area contributed by atoms with E-state index in [0.29, 0.717) is 29.5 Å². The Morgan fingerprint density at radius 2 is 1.93 bits per heavy atom. The van der Waals surface area contributed by atoms with Crippen molar-refractivity contribution in [3.63, 3.8) is 0 Å². The summed E-state index contributed by atoms with van der Waals surface area (Å²) < 4.78 is 30.6. The predicted octanol–water partition coefficient (Wildman–Crippen LogP) is 2.49. The van der Waals surface area contributed by atoms with Gasteiger partial charge in [-0.25, -0.2) is 13.2 Å². The van der Waals surface area contributed by atoms with Crippen molar-refractivity contribution in [3.8, 4) is 0 Å². The van der Waals surface area contributed by atoms with Gasteiger partial charge in [0.15, 0.2) is 6.61 Å². The first kappa shape index (κ1) is 21.6. The van der Waals surface area contributed by atoms with Gasteiger partial charge in [-0.2, -0.15) is 0 Å². The first-order valence-corrected chi connectivity index (χ1v) is 12.0. The zero-order chi connectivity index (χ0) is 21.3. The molecular formula is C21H30N2O5S. The highest BCUT2D eigenvalue weighted by Gasteiger charge is 2.33. The number of ether oxygens (including phenoxy) is 1. The molecule has 0 radical (unpaired) electrons. The van der Waals surface area contributed by atoms with Crippen molar-refractivity contribution in [3.05, 3.63) is 29.3 Å². The van der Waals surface area contributed by atoms with Gasteiger partial charge < -0.3 is 10.1 Å². The van der Waals surface area contributed by atoms with E-state index in [-0.39, 0.29) is 24.6 Å². The Kier molecular flexibility index (Phi) is 6.22. The second-order valence-corrected chi connectivity index (χ2v) is 10.3. The smallest absolute Gasteiger partial charge is 0.338 e. The topological polar surface area (TPSA) is 92.8 Å². The number of esters is 1. The van der Waals surface area contributed by atoms with Gasteiger partial charge in [-0.05, 0) is 55.4 Å². The van der Waals surface area contributed by atoms with E-state index in [4.69, 9.17) is 4.74 Å². The Morgan fingerprint density at radius 3 is 2.62 bits per heavy atom. The highest BCUT2D eigenvalue weighted by molar-refractivity contribution is 7.92. The van der Waals surface area contributed by atoms with Crippen LogP contribution in [0.5, 0.6) is 0 Å². The molecule has 1 aromatic rings. The summed E-state index contributed by atoms with van der Waals surface area (Å²) in [5.41, 5.74) is 1.69. The van der Waals surface area contributed by atoms with Gasteiger partial charge in [0.1, 0.15) is 0 Å². The Bertz CT molecular complexity index is 898. The van der Waals surface area contributed by atoms with E-state index < -0.39 is 16.0 Å². The molecule has 160 valence electrons. The first-order valence-electron chi connectivity index (χ1n) is 10.2. The lowest BCUT2D eigenvalue weighted by molar-refractivity contribution is -0.125. The van der Waals surface area contributed by atoms with Crippen molar-refractivity contribution in [2.24, 2.45) is 11.8 Å². The monoisotopic (exact) mass is 422 g/mol. The van der Waals surface area contributed by atoms with Crippen LogP contribution >= 0.6 is 0 Å². The lowest BCUT2D eigenvalue weighted by Crippen LogP contribution is -2.45. The van der Waals surface area contributed by atoms with Gasteiger partial charge in [0, 0.05) is 12.1 Å². The minimum atomic E-state index is -3.38. The zero-order valence-corrected chi connectivity index (χ0v) is 18.3. The van der Waals surface area contributed by atoms with Crippen LogP contribution < -0.4 is 9.62 Å². The van der Waals surface area contributed by atoms with Crippen LogP contribution in [0.2, 0.25) is 0 Å². The molecule has 1 N–H and O–H groups in total. The third kappa shape index (κ3) is 4.74. The first-order chi connectivity index (χ1) is 13.6. The molecule has 0 saturated heterocycles. The Balaban J connectivity index is 1.59. The summed E-state index contributed by atoms with van der Waals surface area (Å²) in [6, 6.07) is 4.74. The standard InChI is InChI=1S/C21H30N2O5S/c1-13-6-5-7-18(15(13)3)22-20(24)12-28-21(25)16-8-9-19-17(11-16)10-14(2)23(19)29(4,26)27/h8-9,11,13-15,18H,5-7,10,12H2,1-4H3,(H,22,24)/t13-,14+,15-,18+/m1/s1. The van der Waals surface area contributed by atoms with Crippen molar-refractivity contribution in [1.29, 1.82) is 0 Å². The summed E-state index contributed by atoms with van der Waals surface area (Å²) in [6.07, 6.45) is 4.92. The fourth-order valence-corrected chi connectivity index (χ4v) is 5.75. The molecule has 2 aliphatic rings. The maximum absolute atomic E-state index is 12.4. The number of sulfonamides is 1. The number of rotatable bonds is 5. The Labute approximate surface area is 172 Å². The third-order valence-corrected chi connectivity index (χ3v) is 7.48. The molecule has 0 unspecified atom stereocenters. The van der Waals surface area contributed by atoms with Gasteiger partial charge in [-0.3, -0.25) is 9.10 Å². The average molecular weight is 423 g/mol. The molecule has 7 nitrogen and oxygen atoms in total. The van der Waals surface area contributed by atoms with Gasteiger partial charge in [0.05, 0.1) is 17.5 Å². The molecular weight excluding hydrogens is 392 g/mol. The van der Waals surface area contributed by atoms with Crippen LogP contribution in [-0.2, 0) is 26.0 Å². The molecule has 0 bridgehead atoms. The maximum Gasteiger partial charge on any atom is 0.338 e. The Morgan fingerprint density at radius 1 is 1.21 bits per heavy atom. The molecule has 1 fully saturated rings. The van der Waals surface area contributed by atoms with E-state index in [1.54, 1.807) is 18.2 Å². The average Bonchev–Trinajstić information content (AvgIpc) is 2.98. The summed E-state index contributed by atoms with van der Waals surface area (Å²) in [6.45, 7) is 5.85. The number of amides is 1. The van der Waals surface area contributed by atoms with Crippen LogP contribution in [0.25, 0.3) is 0 Å². The van der Waals surface area contributed by atoms with E-state index in [2.05, 4.69) is 19.2 Å². The molecule has 4 atom stereocenters. The van der Waals surface area contributed by atoms with Crippen LogP contribution in [0, 0.1) is 11.8 Å². The fourth-order valence-electron chi connectivity index (χ4n) is 4.48. The van der Waals surface area contributed by atoms with Gasteiger partial charge in [0.25, 0.3) is 5.91 Å². The van der Waals surface area contributed by atoms with Crippen LogP contribution in [0.3, 0.4) is 0 Å². The molecule has 8 heteroatoms. The van der Waals surface area contributed by atoms with Crippen molar-refractivity contribution >= 4 is 27.6 Å². The highest BCUT2D eigenvalue weighted by atomic mass is 32.2. The lowest BCUT2D eigenvalue weighted by atomic mass is 9.78. The SMILES string of the molecule is C[C@@H]1[C@H](C)CCC[C@@H]1NC(=O)COC(=O)c1ccc2c(c1)C[C@H](C)N2S(C)(=O)=O. The van der Waals surface area contributed by atoms with Gasteiger partial charge in [-0.15, -0.1) is 0 Å². The van der Waals surface area contributed by atoms with E-state index in [9.17, 15) is 18.0 Å². The van der Waals surface area contributed by atoms with Crippen molar-refractivity contribution in [2.45, 2.75) is 58.5 Å². The molecule has 1 heterocycles. The number of carbonyl (C=O) groups is 2. The molecule has 0 spiro atoms. The molecule has 29 heavy (non-hydrogen) atoms. The Hall–Kier alpha value is -2.09. The zero-order valence-electron chi connectivity index (χ0n) is 17.5. The second-order valence-electron chi connectivity index (χ2n) is 8.47. The molecule has 1 aliphatic heterocycles. The van der Waals surface area contributed by atoms with Crippen molar-refractivity contribution < 1.29 is 22.7 Å². The summed E-state index contributed by atoms with van der Waals surface area (Å²) in [7, 11) is -3.38. The van der Waals surface area contributed by atoms with Crippen LogP contribution in [-0.4, -0.2) is 45.2 Å². The van der Waals surface area contributed by atoms with E-state index in [0.717, 1.165) is 18.4 Å². The van der Waals surface area contributed by atoms with Gasteiger partial charge >= 0.3 is 5.97 Å². The predicted molar refractivity (Wildman–Crippen MR) is 111 cm³/mol. The maximum atomic E-state index is 12.4. The second kappa shape index (κ2) is 8.34. The summed E-state index contributed by atoms with van der Waals surface area (Å²) >= 11 is 0. The number of benzene rings is 1. The summed E-state index contributed by atoms with van der Waals surface area (Å²) in [5.74, 6) is 0.0950. The van der Waals surface area contributed by atoms with E-state index in [1.807, 2.05) is 6.92 Å². The number of nitrogens with zero attached hydrogens (tertiary/aromatic N) is 1. The highest BCUT2D eigenvalue weighted by Crippen LogP contribution is 2.35.